The smallest absolute Gasteiger partial charge is 0.189 e. The summed E-state index contributed by atoms with van der Waals surface area (Å²) in [4.78, 5) is 4.45. The molecule has 0 amide bonds. The molecule has 1 fully saturated rings. The Kier molecular flexibility index (Phi) is 9.13. The summed E-state index contributed by atoms with van der Waals surface area (Å²) in [5.41, 5.74) is 7.02. The predicted molar refractivity (Wildman–Crippen MR) is 105 cm³/mol. The van der Waals surface area contributed by atoms with Crippen LogP contribution in [0.2, 0.25) is 0 Å². The van der Waals surface area contributed by atoms with E-state index < -0.39 is 0 Å². The van der Waals surface area contributed by atoms with Crippen molar-refractivity contribution in [3.05, 3.63) is 23.8 Å². The van der Waals surface area contributed by atoms with Crippen LogP contribution in [0, 0.1) is 0 Å². The van der Waals surface area contributed by atoms with Crippen LogP contribution in [-0.2, 0) is 6.54 Å². The van der Waals surface area contributed by atoms with Gasteiger partial charge in [0.25, 0.3) is 0 Å². The normalized spacial score (nSPS) is 16.2. The van der Waals surface area contributed by atoms with Crippen molar-refractivity contribution in [2.24, 2.45) is 10.7 Å². The minimum absolute atomic E-state index is 0. The molecule has 3 N–H and O–H groups in total. The van der Waals surface area contributed by atoms with Crippen LogP contribution >= 0.6 is 24.0 Å². The van der Waals surface area contributed by atoms with Gasteiger partial charge in [0.1, 0.15) is 11.5 Å². The van der Waals surface area contributed by atoms with Crippen LogP contribution in [0.15, 0.2) is 23.2 Å². The number of halogens is 1. The number of hydrogen-bond acceptors (Lipinski definition) is 3. The highest BCUT2D eigenvalue weighted by Crippen LogP contribution is 2.25. The first-order chi connectivity index (χ1) is 10.7. The molecule has 1 aliphatic carbocycles. The summed E-state index contributed by atoms with van der Waals surface area (Å²) in [6.45, 7) is 0.499. The zero-order valence-corrected chi connectivity index (χ0v) is 16.3. The maximum atomic E-state index is 6.02. The summed E-state index contributed by atoms with van der Waals surface area (Å²) in [5, 5.41) is 3.35. The number of nitrogens with one attached hydrogen (secondary N) is 1. The topological polar surface area (TPSA) is 68.9 Å². The molecule has 1 saturated carbocycles. The number of nitrogens with two attached hydrogens (primary N) is 1. The van der Waals surface area contributed by atoms with Crippen molar-refractivity contribution in [1.29, 1.82) is 0 Å². The van der Waals surface area contributed by atoms with E-state index in [-0.39, 0.29) is 24.0 Å². The number of nitrogens with zero attached hydrogens (tertiary/aromatic N) is 1. The van der Waals surface area contributed by atoms with E-state index in [1.54, 1.807) is 14.2 Å². The maximum absolute atomic E-state index is 6.02. The molecular formula is C17H28IN3O2. The number of rotatable bonds is 5. The highest BCUT2D eigenvalue weighted by molar-refractivity contribution is 14.0. The molecule has 1 aromatic rings. The zero-order chi connectivity index (χ0) is 15.8. The summed E-state index contributed by atoms with van der Waals surface area (Å²) in [7, 11) is 3.29. The monoisotopic (exact) mass is 433 g/mol. The number of aliphatic imine (C=N–C) groups is 1. The van der Waals surface area contributed by atoms with Crippen molar-refractivity contribution in [2.45, 2.75) is 51.1 Å². The van der Waals surface area contributed by atoms with E-state index in [1.165, 1.54) is 38.5 Å². The molecule has 0 spiro atoms. The number of methoxy groups -OCH3 is 2. The minimum atomic E-state index is 0. The van der Waals surface area contributed by atoms with Crippen molar-refractivity contribution in [3.63, 3.8) is 0 Å². The van der Waals surface area contributed by atoms with Crippen molar-refractivity contribution in [2.75, 3.05) is 14.2 Å². The summed E-state index contributed by atoms with van der Waals surface area (Å²) in [6, 6.07) is 6.19. The second-order valence-electron chi connectivity index (χ2n) is 5.71. The van der Waals surface area contributed by atoms with E-state index in [0.29, 0.717) is 18.5 Å². The van der Waals surface area contributed by atoms with E-state index in [2.05, 4.69) is 10.3 Å². The third kappa shape index (κ3) is 6.45. The van der Waals surface area contributed by atoms with Gasteiger partial charge in [-0.15, -0.1) is 24.0 Å². The Bertz CT molecular complexity index is 501. The van der Waals surface area contributed by atoms with Gasteiger partial charge >= 0.3 is 0 Å². The van der Waals surface area contributed by atoms with E-state index >= 15 is 0 Å². The van der Waals surface area contributed by atoms with E-state index in [4.69, 9.17) is 15.2 Å². The van der Waals surface area contributed by atoms with Crippen molar-refractivity contribution in [3.8, 4) is 11.5 Å². The molecule has 23 heavy (non-hydrogen) atoms. The first-order valence-electron chi connectivity index (χ1n) is 8.00. The molecule has 130 valence electrons. The van der Waals surface area contributed by atoms with Crippen molar-refractivity contribution >= 4 is 29.9 Å². The van der Waals surface area contributed by atoms with Gasteiger partial charge in [0.2, 0.25) is 0 Å². The SMILES string of the molecule is COc1ccc(CN=C(N)NC2CCCCCC2)c(OC)c1.I. The van der Waals surface area contributed by atoms with E-state index in [0.717, 1.165) is 17.1 Å². The third-order valence-electron chi connectivity index (χ3n) is 4.12. The fourth-order valence-corrected chi connectivity index (χ4v) is 2.83. The first-order valence-corrected chi connectivity index (χ1v) is 8.00. The molecule has 2 rings (SSSR count). The quantitative estimate of drug-likeness (QED) is 0.323. The number of guanidine groups is 1. The lowest BCUT2D eigenvalue weighted by Gasteiger charge is -2.17. The predicted octanol–water partition coefficient (Wildman–Crippen LogP) is 3.45. The number of benzene rings is 1. The maximum Gasteiger partial charge on any atom is 0.189 e. The fraction of sp³-hybridized carbons (Fsp3) is 0.588. The summed E-state index contributed by atoms with van der Waals surface area (Å²) in [6.07, 6.45) is 7.58. The molecule has 0 bridgehead atoms. The van der Waals surface area contributed by atoms with Crippen LogP contribution in [0.4, 0.5) is 0 Å². The molecule has 6 heteroatoms. The van der Waals surface area contributed by atoms with Crippen LogP contribution in [0.3, 0.4) is 0 Å². The van der Waals surface area contributed by atoms with Crippen molar-refractivity contribution in [1.82, 2.24) is 5.32 Å². The van der Waals surface area contributed by atoms with Gasteiger partial charge in [-0.1, -0.05) is 25.7 Å². The Morgan fingerprint density at radius 3 is 2.48 bits per heavy atom. The van der Waals surface area contributed by atoms with Crippen LogP contribution in [0.1, 0.15) is 44.1 Å². The van der Waals surface area contributed by atoms with Gasteiger partial charge in [-0.25, -0.2) is 4.99 Å². The van der Waals surface area contributed by atoms with Gasteiger partial charge in [0, 0.05) is 17.7 Å². The second kappa shape index (κ2) is 10.6. The largest absolute Gasteiger partial charge is 0.497 e. The molecule has 1 aromatic carbocycles. The lowest BCUT2D eigenvalue weighted by Crippen LogP contribution is -2.39. The summed E-state index contributed by atoms with van der Waals surface area (Å²) >= 11 is 0. The van der Waals surface area contributed by atoms with E-state index in [1.807, 2.05) is 18.2 Å². The standard InChI is InChI=1S/C17H27N3O2.HI/c1-21-15-10-9-13(16(11-15)22-2)12-19-17(18)20-14-7-5-3-4-6-8-14;/h9-11,14H,3-8,12H2,1-2H3,(H3,18,19,20);1H. The zero-order valence-electron chi connectivity index (χ0n) is 14.0. The Balaban J connectivity index is 0.00000264. The Hall–Kier alpha value is -1.18. The molecular weight excluding hydrogens is 405 g/mol. The first kappa shape index (κ1) is 19.9. The van der Waals surface area contributed by atoms with Crippen LogP contribution in [-0.4, -0.2) is 26.2 Å². The molecule has 5 nitrogen and oxygen atoms in total. The van der Waals surface area contributed by atoms with Gasteiger partial charge in [-0.2, -0.15) is 0 Å². The Labute approximate surface area is 156 Å². The second-order valence-corrected chi connectivity index (χ2v) is 5.71. The van der Waals surface area contributed by atoms with Gasteiger partial charge in [-0.3, -0.25) is 0 Å². The minimum Gasteiger partial charge on any atom is -0.497 e. The lowest BCUT2D eigenvalue weighted by atomic mass is 10.1. The Morgan fingerprint density at radius 1 is 1.17 bits per heavy atom. The van der Waals surface area contributed by atoms with Crippen molar-refractivity contribution < 1.29 is 9.47 Å². The highest BCUT2D eigenvalue weighted by atomic mass is 127. The highest BCUT2D eigenvalue weighted by Gasteiger charge is 2.12. The Morgan fingerprint density at radius 2 is 1.87 bits per heavy atom. The lowest BCUT2D eigenvalue weighted by molar-refractivity contribution is 0.391. The molecule has 0 unspecified atom stereocenters. The van der Waals surface area contributed by atoms with E-state index in [9.17, 15) is 0 Å². The van der Waals surface area contributed by atoms with Gasteiger partial charge in [-0.05, 0) is 25.0 Å². The van der Waals surface area contributed by atoms with Gasteiger partial charge in [0.05, 0.1) is 20.8 Å². The van der Waals surface area contributed by atoms with Crippen LogP contribution in [0.25, 0.3) is 0 Å². The summed E-state index contributed by atoms with van der Waals surface area (Å²) < 4.78 is 10.6. The molecule has 0 heterocycles. The van der Waals surface area contributed by atoms with Crippen LogP contribution in [0.5, 0.6) is 11.5 Å². The third-order valence-corrected chi connectivity index (χ3v) is 4.12. The number of ether oxygens (including phenoxy) is 2. The average Bonchev–Trinajstić information content (AvgIpc) is 2.81. The molecule has 1 aliphatic rings. The molecule has 0 aliphatic heterocycles. The average molecular weight is 433 g/mol. The fourth-order valence-electron chi connectivity index (χ4n) is 2.83. The van der Waals surface area contributed by atoms with Crippen LogP contribution < -0.4 is 20.5 Å². The summed E-state index contributed by atoms with van der Waals surface area (Å²) in [5.74, 6) is 2.06. The molecule has 0 aromatic heterocycles. The molecule has 0 radical (unpaired) electrons. The van der Waals surface area contributed by atoms with Gasteiger partial charge < -0.3 is 20.5 Å². The van der Waals surface area contributed by atoms with Gasteiger partial charge in [0.15, 0.2) is 5.96 Å². The molecule has 0 atom stereocenters. The number of hydrogen-bond donors (Lipinski definition) is 2. The molecule has 0 saturated heterocycles.